The summed E-state index contributed by atoms with van der Waals surface area (Å²) in [6.45, 7) is 0.0149. The van der Waals surface area contributed by atoms with Gasteiger partial charge in [-0.1, -0.05) is 0 Å². The molecule has 122 valence electrons. The normalized spacial score (nSPS) is 30.6. The Morgan fingerprint density at radius 2 is 1.91 bits per heavy atom. The number of hydrogen-bond donors (Lipinski definition) is 0. The van der Waals surface area contributed by atoms with Gasteiger partial charge in [0.15, 0.2) is 11.5 Å². The second kappa shape index (κ2) is 4.81. The van der Waals surface area contributed by atoms with Crippen LogP contribution >= 0.6 is 0 Å². The molecular weight excluding hydrogens is 304 g/mol. The summed E-state index contributed by atoms with van der Waals surface area (Å²) in [6.07, 6.45) is 3.32. The molecule has 1 aromatic rings. The lowest BCUT2D eigenvalue weighted by Crippen LogP contribution is -2.45. The van der Waals surface area contributed by atoms with E-state index in [0.29, 0.717) is 29.4 Å². The molecule has 1 heterocycles. The van der Waals surface area contributed by atoms with Crippen LogP contribution in [0.4, 0.5) is 5.69 Å². The number of fused-ring (bicyclic) bond motifs is 3. The Labute approximate surface area is 131 Å². The number of benzene rings is 1. The molecule has 3 aliphatic rings. The highest BCUT2D eigenvalue weighted by molar-refractivity contribution is 5.55. The predicted molar refractivity (Wildman–Crippen MR) is 78.1 cm³/mol. The van der Waals surface area contributed by atoms with Crippen LogP contribution < -0.4 is 9.47 Å². The third-order valence-corrected chi connectivity index (χ3v) is 5.57. The molecule has 4 rings (SSSR count). The summed E-state index contributed by atoms with van der Waals surface area (Å²) in [5, 5.41) is 23.2. The molecule has 2 bridgehead atoms. The fourth-order valence-corrected chi connectivity index (χ4v) is 4.53. The summed E-state index contributed by atoms with van der Waals surface area (Å²) < 4.78 is 10.5. The molecule has 0 amide bonds. The molecule has 8 nitrogen and oxygen atoms in total. The Balaban J connectivity index is 1.75. The van der Waals surface area contributed by atoms with Crippen molar-refractivity contribution in [3.63, 3.8) is 0 Å². The zero-order chi connectivity index (χ0) is 16.2. The molecule has 0 spiro atoms. The van der Waals surface area contributed by atoms with E-state index in [9.17, 15) is 20.2 Å². The van der Waals surface area contributed by atoms with Crippen molar-refractivity contribution in [2.24, 2.45) is 11.8 Å². The first kappa shape index (κ1) is 14.2. The van der Waals surface area contributed by atoms with E-state index in [2.05, 4.69) is 0 Å². The second-order valence-corrected chi connectivity index (χ2v) is 6.71. The smallest absolute Gasteiger partial charge is 0.276 e. The van der Waals surface area contributed by atoms with Gasteiger partial charge in [0.25, 0.3) is 5.69 Å². The van der Waals surface area contributed by atoms with E-state index in [-0.39, 0.29) is 29.7 Å². The van der Waals surface area contributed by atoms with Gasteiger partial charge in [0.2, 0.25) is 12.3 Å². The second-order valence-electron chi connectivity index (χ2n) is 6.71. The maximum absolute atomic E-state index is 11.8. The van der Waals surface area contributed by atoms with Crippen molar-refractivity contribution in [1.82, 2.24) is 0 Å². The van der Waals surface area contributed by atoms with Crippen LogP contribution in [0.15, 0.2) is 12.1 Å². The molecule has 23 heavy (non-hydrogen) atoms. The Morgan fingerprint density at radius 3 is 2.48 bits per heavy atom. The van der Waals surface area contributed by atoms with E-state index in [4.69, 9.17) is 9.47 Å². The zero-order valence-corrected chi connectivity index (χ0v) is 12.4. The largest absolute Gasteiger partial charge is 0.454 e. The van der Waals surface area contributed by atoms with E-state index in [1.54, 1.807) is 0 Å². The number of nitro benzene ring substituents is 1. The van der Waals surface area contributed by atoms with Crippen molar-refractivity contribution >= 4 is 5.69 Å². The van der Waals surface area contributed by atoms with Gasteiger partial charge in [-0.25, -0.2) is 0 Å². The summed E-state index contributed by atoms with van der Waals surface area (Å²) in [4.78, 5) is 22.5. The summed E-state index contributed by atoms with van der Waals surface area (Å²) in [5.41, 5.74) is -0.844. The summed E-state index contributed by atoms with van der Waals surface area (Å²) in [6, 6.07) is 2.86. The van der Waals surface area contributed by atoms with Gasteiger partial charge in [0, 0.05) is 22.8 Å². The van der Waals surface area contributed by atoms with Gasteiger partial charge in [-0.05, 0) is 31.2 Å². The average molecular weight is 320 g/mol. The van der Waals surface area contributed by atoms with E-state index in [0.717, 1.165) is 19.3 Å². The van der Waals surface area contributed by atoms with E-state index in [1.807, 2.05) is 0 Å². The van der Waals surface area contributed by atoms with Crippen molar-refractivity contribution in [2.75, 3.05) is 6.79 Å². The highest BCUT2D eigenvalue weighted by atomic mass is 16.7. The third-order valence-electron chi connectivity index (χ3n) is 5.57. The van der Waals surface area contributed by atoms with Crippen LogP contribution in [0, 0.1) is 32.1 Å². The quantitative estimate of drug-likeness (QED) is 0.624. The van der Waals surface area contributed by atoms with Crippen molar-refractivity contribution in [3.05, 3.63) is 37.9 Å². The van der Waals surface area contributed by atoms with Gasteiger partial charge in [-0.2, -0.15) is 0 Å². The van der Waals surface area contributed by atoms with Gasteiger partial charge in [-0.15, -0.1) is 0 Å². The molecule has 3 atom stereocenters. The first-order valence-corrected chi connectivity index (χ1v) is 7.71. The summed E-state index contributed by atoms with van der Waals surface area (Å²) >= 11 is 0. The highest BCUT2D eigenvalue weighted by Gasteiger charge is 2.60. The minimum atomic E-state index is -1.08. The third kappa shape index (κ3) is 2.04. The molecule has 2 saturated carbocycles. The van der Waals surface area contributed by atoms with Gasteiger partial charge in [0.1, 0.15) is 0 Å². The molecule has 1 aliphatic heterocycles. The zero-order valence-electron chi connectivity index (χ0n) is 12.4. The van der Waals surface area contributed by atoms with Crippen LogP contribution in [0.3, 0.4) is 0 Å². The summed E-state index contributed by atoms with van der Waals surface area (Å²) in [7, 11) is 0. The minimum absolute atomic E-state index is 0.00697. The maximum Gasteiger partial charge on any atom is 0.276 e. The van der Waals surface area contributed by atoms with Gasteiger partial charge in [0.05, 0.1) is 17.4 Å². The average Bonchev–Trinajstić information content (AvgIpc) is 3.20. The number of nitrogens with zero attached hydrogens (tertiary/aromatic N) is 2. The molecule has 0 N–H and O–H groups in total. The molecule has 0 aromatic heterocycles. The van der Waals surface area contributed by atoms with E-state index < -0.39 is 10.5 Å². The van der Waals surface area contributed by atoms with Gasteiger partial charge >= 0.3 is 0 Å². The highest BCUT2D eigenvalue weighted by Crippen LogP contribution is 2.54. The van der Waals surface area contributed by atoms with Crippen LogP contribution in [-0.2, 0) is 6.42 Å². The molecule has 0 saturated heterocycles. The summed E-state index contributed by atoms with van der Waals surface area (Å²) in [5.74, 6) is 1.13. The monoisotopic (exact) mass is 320 g/mol. The Bertz CT molecular complexity index is 705. The van der Waals surface area contributed by atoms with Gasteiger partial charge in [-0.3, -0.25) is 20.2 Å². The predicted octanol–water partition coefficient (Wildman–Crippen LogP) is 2.70. The first-order valence-electron chi connectivity index (χ1n) is 7.71. The van der Waals surface area contributed by atoms with Crippen molar-refractivity contribution in [1.29, 1.82) is 0 Å². The molecule has 1 aromatic carbocycles. The number of rotatable bonds is 4. The number of ether oxygens (including phenoxy) is 2. The fourth-order valence-electron chi connectivity index (χ4n) is 4.53. The lowest BCUT2D eigenvalue weighted by atomic mass is 9.77. The van der Waals surface area contributed by atoms with Crippen LogP contribution in [0.25, 0.3) is 0 Å². The van der Waals surface area contributed by atoms with Crippen LogP contribution in [-0.4, -0.2) is 22.2 Å². The van der Waals surface area contributed by atoms with E-state index in [1.165, 1.54) is 12.1 Å². The van der Waals surface area contributed by atoms with E-state index >= 15 is 0 Å². The molecule has 0 radical (unpaired) electrons. The minimum Gasteiger partial charge on any atom is -0.454 e. The molecule has 3 unspecified atom stereocenters. The number of nitro groups is 2. The standard InChI is InChI=1S/C15H16N2O6/c18-16(19)12-5-14-13(22-8-23-14)4-10(12)7-15(17(20)21)6-9-1-2-11(15)3-9/h4-5,9,11H,1-3,6-8H2. The lowest BCUT2D eigenvalue weighted by Gasteiger charge is -2.29. The van der Waals surface area contributed by atoms with Crippen LogP contribution in [0.2, 0.25) is 0 Å². The molecule has 2 fully saturated rings. The molecular formula is C15H16N2O6. The van der Waals surface area contributed by atoms with Crippen molar-refractivity contribution < 1.29 is 19.3 Å². The lowest BCUT2D eigenvalue weighted by molar-refractivity contribution is -0.579. The molecule has 8 heteroatoms. The Morgan fingerprint density at radius 1 is 1.17 bits per heavy atom. The van der Waals surface area contributed by atoms with Crippen molar-refractivity contribution in [2.45, 2.75) is 37.6 Å². The Hall–Kier alpha value is -2.38. The SMILES string of the molecule is O=[N+]([O-])c1cc2c(cc1CC1([N+](=O)[O-])CC3CCC1C3)OCO2. The van der Waals surface area contributed by atoms with Crippen molar-refractivity contribution in [3.8, 4) is 11.5 Å². The van der Waals surface area contributed by atoms with Gasteiger partial charge < -0.3 is 9.47 Å². The fraction of sp³-hybridized carbons (Fsp3) is 0.600. The van der Waals surface area contributed by atoms with Crippen LogP contribution in [0.5, 0.6) is 11.5 Å². The van der Waals surface area contributed by atoms with Crippen LogP contribution in [0.1, 0.15) is 31.2 Å². The number of hydrogen-bond acceptors (Lipinski definition) is 6. The first-order chi connectivity index (χ1) is 11.0. The topological polar surface area (TPSA) is 105 Å². The molecule has 2 aliphatic carbocycles. The Kier molecular flexibility index (Phi) is 2.97. The maximum atomic E-state index is 11.8.